The lowest BCUT2D eigenvalue weighted by molar-refractivity contribution is -0.120. The number of nitrogens with zero attached hydrogens (tertiary/aromatic N) is 2. The molecule has 0 aliphatic carbocycles. The van der Waals surface area contributed by atoms with Crippen molar-refractivity contribution in [2.45, 2.75) is 52.9 Å². The highest BCUT2D eigenvalue weighted by atomic mass is 32.1. The van der Waals surface area contributed by atoms with Gasteiger partial charge in [0.2, 0.25) is 11.0 Å². The maximum Gasteiger partial charge on any atom is 0.259 e. The van der Waals surface area contributed by atoms with E-state index < -0.39 is 0 Å². The first-order chi connectivity index (χ1) is 12.6. The number of hydrogen-bond acceptors (Lipinski definition) is 5. The summed E-state index contributed by atoms with van der Waals surface area (Å²) in [7, 11) is 0. The molecule has 2 amide bonds. The summed E-state index contributed by atoms with van der Waals surface area (Å²) in [6.45, 7) is 6.11. The Morgan fingerprint density at radius 1 is 1.12 bits per heavy atom. The third kappa shape index (κ3) is 5.36. The van der Waals surface area contributed by atoms with Gasteiger partial charge in [0.25, 0.3) is 5.91 Å². The first kappa shape index (κ1) is 20.0. The van der Waals surface area contributed by atoms with Gasteiger partial charge in [-0.25, -0.2) is 0 Å². The molecule has 2 rings (SSSR count). The summed E-state index contributed by atoms with van der Waals surface area (Å²) < 4.78 is 0. The fourth-order valence-electron chi connectivity index (χ4n) is 2.61. The normalized spacial score (nSPS) is 11.8. The Bertz CT molecular complexity index is 745. The number of unbranched alkanes of at least 4 members (excludes halogenated alkanes) is 1. The van der Waals surface area contributed by atoms with Crippen LogP contribution in [-0.4, -0.2) is 22.0 Å². The molecule has 2 aromatic rings. The summed E-state index contributed by atoms with van der Waals surface area (Å²) in [5.41, 5.74) is 0.935. The van der Waals surface area contributed by atoms with Crippen LogP contribution in [0.4, 0.5) is 10.8 Å². The van der Waals surface area contributed by atoms with E-state index in [-0.39, 0.29) is 17.7 Å². The molecule has 26 heavy (non-hydrogen) atoms. The van der Waals surface area contributed by atoms with Crippen molar-refractivity contribution in [3.63, 3.8) is 0 Å². The topological polar surface area (TPSA) is 84.0 Å². The molecule has 140 valence electrons. The first-order valence-electron chi connectivity index (χ1n) is 9.12. The van der Waals surface area contributed by atoms with Gasteiger partial charge in [-0.1, -0.05) is 57.1 Å². The Morgan fingerprint density at radius 3 is 2.54 bits per heavy atom. The molecule has 7 heteroatoms. The van der Waals surface area contributed by atoms with Crippen LogP contribution in [0.2, 0.25) is 0 Å². The Labute approximate surface area is 158 Å². The highest BCUT2D eigenvalue weighted by Gasteiger charge is 2.19. The summed E-state index contributed by atoms with van der Waals surface area (Å²) >= 11 is 1.35. The van der Waals surface area contributed by atoms with Gasteiger partial charge in [-0.2, -0.15) is 0 Å². The third-order valence-corrected chi connectivity index (χ3v) is 5.17. The molecule has 0 fully saturated rings. The molecular weight excluding hydrogens is 348 g/mol. The Morgan fingerprint density at radius 2 is 1.88 bits per heavy atom. The van der Waals surface area contributed by atoms with Gasteiger partial charge < -0.3 is 5.32 Å². The lowest BCUT2D eigenvalue weighted by atomic mass is 9.98. The number of para-hydroxylation sites is 1. The minimum atomic E-state index is -0.304. The molecule has 1 heterocycles. The van der Waals surface area contributed by atoms with Crippen molar-refractivity contribution in [3.8, 4) is 0 Å². The smallest absolute Gasteiger partial charge is 0.259 e. The highest BCUT2D eigenvalue weighted by Crippen LogP contribution is 2.22. The number of aryl methyl sites for hydroxylation is 1. The zero-order valence-electron chi connectivity index (χ0n) is 15.5. The molecule has 0 aliphatic heterocycles. The predicted molar refractivity (Wildman–Crippen MR) is 106 cm³/mol. The number of aromatic nitrogens is 2. The second-order valence-electron chi connectivity index (χ2n) is 6.09. The molecule has 2 N–H and O–H groups in total. The van der Waals surface area contributed by atoms with Gasteiger partial charge in [0.15, 0.2) is 0 Å². The van der Waals surface area contributed by atoms with Crippen LogP contribution >= 0.6 is 11.3 Å². The number of anilines is 2. The van der Waals surface area contributed by atoms with Crippen LogP contribution in [0.25, 0.3) is 0 Å². The standard InChI is InChI=1S/C19H26N4O2S/c1-4-7-10-13(5-2)17(24)20-15-12-9-8-11-14(15)18(25)21-19-23-22-16(6-3)26-19/h8-9,11-13H,4-7,10H2,1-3H3,(H,20,24)(H,21,23,25). The fraction of sp³-hybridized carbons (Fsp3) is 0.474. The van der Waals surface area contributed by atoms with E-state index >= 15 is 0 Å². The van der Waals surface area contributed by atoms with Crippen molar-refractivity contribution in [1.29, 1.82) is 0 Å². The monoisotopic (exact) mass is 374 g/mol. The van der Waals surface area contributed by atoms with Crippen LogP contribution in [0.1, 0.15) is 61.8 Å². The minimum absolute atomic E-state index is 0.0367. The molecule has 1 aromatic carbocycles. The molecule has 1 unspecified atom stereocenters. The van der Waals surface area contributed by atoms with Gasteiger partial charge in [-0.15, -0.1) is 10.2 Å². The van der Waals surface area contributed by atoms with Gasteiger partial charge in [-0.3, -0.25) is 14.9 Å². The molecule has 1 atom stereocenters. The molecule has 0 spiro atoms. The Hall–Kier alpha value is -2.28. The average molecular weight is 375 g/mol. The van der Waals surface area contributed by atoms with Crippen LogP contribution in [0.3, 0.4) is 0 Å². The summed E-state index contributed by atoms with van der Waals surface area (Å²) in [4.78, 5) is 25.2. The van der Waals surface area contributed by atoms with Crippen LogP contribution < -0.4 is 10.6 Å². The maximum absolute atomic E-state index is 12.6. The molecule has 0 bridgehead atoms. The lowest BCUT2D eigenvalue weighted by Gasteiger charge is -2.16. The van der Waals surface area contributed by atoms with E-state index in [1.807, 2.05) is 13.8 Å². The summed E-state index contributed by atoms with van der Waals surface area (Å²) in [6.07, 6.45) is 4.49. The first-order valence-corrected chi connectivity index (χ1v) is 9.94. The third-order valence-electron chi connectivity index (χ3n) is 4.19. The number of nitrogens with one attached hydrogen (secondary N) is 2. The largest absolute Gasteiger partial charge is 0.325 e. The highest BCUT2D eigenvalue weighted by molar-refractivity contribution is 7.15. The quantitative estimate of drug-likeness (QED) is 0.676. The van der Waals surface area contributed by atoms with E-state index in [2.05, 4.69) is 27.8 Å². The Balaban J connectivity index is 2.10. The van der Waals surface area contributed by atoms with E-state index in [0.717, 1.165) is 37.1 Å². The van der Waals surface area contributed by atoms with E-state index in [9.17, 15) is 9.59 Å². The second kappa shape index (κ2) is 10.0. The van der Waals surface area contributed by atoms with Crippen molar-refractivity contribution in [2.75, 3.05) is 10.6 Å². The summed E-state index contributed by atoms with van der Waals surface area (Å²) in [5, 5.41) is 15.0. The molecule has 0 aliphatic rings. The number of hydrogen-bond donors (Lipinski definition) is 2. The average Bonchev–Trinajstić information content (AvgIpc) is 3.10. The van der Waals surface area contributed by atoms with E-state index in [1.54, 1.807) is 24.3 Å². The Kier molecular flexibility index (Phi) is 7.72. The van der Waals surface area contributed by atoms with Crippen molar-refractivity contribution < 1.29 is 9.59 Å². The summed E-state index contributed by atoms with van der Waals surface area (Å²) in [5.74, 6) is -0.381. The van der Waals surface area contributed by atoms with Crippen LogP contribution in [0, 0.1) is 5.92 Å². The van der Waals surface area contributed by atoms with Crippen LogP contribution in [0.5, 0.6) is 0 Å². The van der Waals surface area contributed by atoms with Gasteiger partial charge in [0, 0.05) is 5.92 Å². The van der Waals surface area contributed by atoms with Crippen molar-refractivity contribution in [2.24, 2.45) is 5.92 Å². The fourth-order valence-corrected chi connectivity index (χ4v) is 3.28. The van der Waals surface area contributed by atoms with Crippen molar-refractivity contribution in [1.82, 2.24) is 10.2 Å². The van der Waals surface area contributed by atoms with Crippen LogP contribution in [-0.2, 0) is 11.2 Å². The molecule has 0 saturated heterocycles. The number of carbonyl (C=O) groups is 2. The van der Waals surface area contributed by atoms with Crippen molar-refractivity contribution in [3.05, 3.63) is 34.8 Å². The second-order valence-corrected chi connectivity index (χ2v) is 7.15. The summed E-state index contributed by atoms with van der Waals surface area (Å²) in [6, 6.07) is 7.02. The van der Waals surface area contributed by atoms with E-state index in [4.69, 9.17) is 0 Å². The van der Waals surface area contributed by atoms with Crippen LogP contribution in [0.15, 0.2) is 24.3 Å². The van der Waals surface area contributed by atoms with E-state index in [0.29, 0.717) is 16.4 Å². The molecule has 6 nitrogen and oxygen atoms in total. The van der Waals surface area contributed by atoms with Crippen molar-refractivity contribution >= 4 is 34.0 Å². The van der Waals surface area contributed by atoms with Gasteiger partial charge in [0.1, 0.15) is 5.01 Å². The van der Waals surface area contributed by atoms with Gasteiger partial charge in [-0.05, 0) is 31.4 Å². The SMILES string of the molecule is CCCCC(CC)C(=O)Nc1ccccc1C(=O)Nc1nnc(CC)s1. The lowest BCUT2D eigenvalue weighted by Crippen LogP contribution is -2.24. The van der Waals surface area contributed by atoms with Gasteiger partial charge >= 0.3 is 0 Å². The zero-order valence-corrected chi connectivity index (χ0v) is 16.4. The number of rotatable bonds is 9. The molecule has 0 radical (unpaired) electrons. The number of carbonyl (C=O) groups excluding carboxylic acids is 2. The maximum atomic E-state index is 12.6. The van der Waals surface area contributed by atoms with E-state index in [1.165, 1.54) is 11.3 Å². The van der Waals surface area contributed by atoms with Gasteiger partial charge in [0.05, 0.1) is 11.3 Å². The molecular formula is C19H26N4O2S. The molecule has 0 saturated carbocycles. The zero-order chi connectivity index (χ0) is 18.9. The molecule has 1 aromatic heterocycles. The predicted octanol–water partition coefficient (Wildman–Crippen LogP) is 4.51. The number of benzene rings is 1. The minimum Gasteiger partial charge on any atom is -0.325 e. The number of amides is 2.